The summed E-state index contributed by atoms with van der Waals surface area (Å²) in [5, 5.41) is 11.9. The van der Waals surface area contributed by atoms with Crippen LogP contribution in [0.15, 0.2) is 66.9 Å². The van der Waals surface area contributed by atoms with Gasteiger partial charge in [-0.2, -0.15) is 13.2 Å². The van der Waals surface area contributed by atoms with Gasteiger partial charge in [0.05, 0.1) is 24.6 Å². The van der Waals surface area contributed by atoms with Crippen molar-refractivity contribution in [2.75, 3.05) is 7.11 Å². The topological polar surface area (TPSA) is 71.5 Å². The fourth-order valence-corrected chi connectivity index (χ4v) is 3.36. The van der Waals surface area contributed by atoms with Gasteiger partial charge >= 0.3 is 12.3 Å². The third-order valence-corrected chi connectivity index (χ3v) is 4.76. The van der Waals surface area contributed by atoms with E-state index in [1.54, 1.807) is 30.3 Å². The summed E-state index contributed by atoms with van der Waals surface area (Å²) >= 11 is 0. The maximum atomic E-state index is 14.3. The van der Waals surface area contributed by atoms with Crippen LogP contribution in [-0.2, 0) is 18.1 Å². The lowest BCUT2D eigenvalue weighted by molar-refractivity contribution is -0.137. The lowest BCUT2D eigenvalue weighted by Gasteiger charge is -2.34. The lowest BCUT2D eigenvalue weighted by Crippen LogP contribution is -2.48. The van der Waals surface area contributed by atoms with Crippen molar-refractivity contribution in [3.63, 3.8) is 0 Å². The van der Waals surface area contributed by atoms with E-state index in [1.807, 2.05) is 0 Å². The zero-order valence-corrected chi connectivity index (χ0v) is 16.3. The smallest absolute Gasteiger partial charge is 0.416 e. The standard InChI is InChI=1S/C22H18F4N2O3/c1-31-18-7-8-19(27-13-18)21(28-20(29)30,12-14-5-3-2-4-6-14)15-9-16(22(24,25)26)11-17(23)10-15/h2-11,13,28H,12H2,1H3,(H,29,30). The summed E-state index contributed by atoms with van der Waals surface area (Å²) in [6.07, 6.45) is -5.14. The molecule has 0 aliphatic carbocycles. The maximum absolute atomic E-state index is 14.3. The molecule has 1 heterocycles. The highest BCUT2D eigenvalue weighted by Crippen LogP contribution is 2.37. The number of nitrogens with one attached hydrogen (secondary N) is 1. The molecule has 2 N–H and O–H groups in total. The minimum absolute atomic E-state index is 0.0817. The second-order valence-corrected chi connectivity index (χ2v) is 6.81. The molecule has 0 spiro atoms. The van der Waals surface area contributed by atoms with E-state index in [-0.39, 0.29) is 17.7 Å². The number of carbonyl (C=O) groups is 1. The van der Waals surface area contributed by atoms with E-state index in [2.05, 4.69) is 10.3 Å². The molecular weight excluding hydrogens is 416 g/mol. The van der Waals surface area contributed by atoms with Gasteiger partial charge in [0.1, 0.15) is 17.1 Å². The van der Waals surface area contributed by atoms with Crippen LogP contribution in [0.2, 0.25) is 0 Å². The average molecular weight is 434 g/mol. The molecule has 0 fully saturated rings. The summed E-state index contributed by atoms with van der Waals surface area (Å²) in [6.45, 7) is 0. The molecule has 3 aromatic rings. The van der Waals surface area contributed by atoms with Crippen LogP contribution >= 0.6 is 0 Å². The number of carboxylic acid groups (broad SMARTS) is 1. The van der Waals surface area contributed by atoms with Crippen LogP contribution < -0.4 is 10.1 Å². The average Bonchev–Trinajstić information content (AvgIpc) is 2.72. The Labute approximate surface area is 175 Å². The second kappa shape index (κ2) is 8.63. The SMILES string of the molecule is COc1ccc(C(Cc2ccccc2)(NC(=O)O)c2cc(F)cc(C(F)(F)F)c2)nc1. The second-order valence-electron chi connectivity index (χ2n) is 6.81. The van der Waals surface area contributed by atoms with Gasteiger partial charge in [-0.1, -0.05) is 30.3 Å². The fraction of sp³-hybridized carbons (Fsp3) is 0.182. The van der Waals surface area contributed by atoms with Crippen LogP contribution in [-0.4, -0.2) is 23.3 Å². The van der Waals surface area contributed by atoms with E-state index in [1.165, 1.54) is 25.4 Å². The number of benzene rings is 2. The number of rotatable bonds is 6. The largest absolute Gasteiger partial charge is 0.495 e. The van der Waals surface area contributed by atoms with Crippen molar-refractivity contribution >= 4 is 6.09 Å². The van der Waals surface area contributed by atoms with Crippen molar-refractivity contribution in [1.82, 2.24) is 10.3 Å². The number of ether oxygens (including phenoxy) is 1. The first kappa shape index (κ1) is 22.1. The van der Waals surface area contributed by atoms with Crippen molar-refractivity contribution in [3.05, 3.63) is 95.1 Å². The number of pyridine rings is 1. The van der Waals surface area contributed by atoms with E-state index in [0.29, 0.717) is 17.4 Å². The molecule has 0 saturated heterocycles. The van der Waals surface area contributed by atoms with E-state index < -0.39 is 29.2 Å². The van der Waals surface area contributed by atoms with Gasteiger partial charge < -0.3 is 15.2 Å². The molecule has 0 aliphatic rings. The number of hydrogen-bond acceptors (Lipinski definition) is 3. The number of amides is 1. The molecule has 9 heteroatoms. The molecule has 1 amide bonds. The molecule has 0 bridgehead atoms. The normalized spacial score (nSPS) is 13.3. The first-order chi connectivity index (χ1) is 14.6. The Bertz CT molecular complexity index is 1060. The molecule has 1 atom stereocenters. The van der Waals surface area contributed by atoms with Crippen LogP contribution in [0, 0.1) is 5.82 Å². The first-order valence-electron chi connectivity index (χ1n) is 9.08. The van der Waals surface area contributed by atoms with E-state index in [0.717, 1.165) is 12.1 Å². The van der Waals surface area contributed by atoms with Gasteiger partial charge in [-0.05, 0) is 41.5 Å². The van der Waals surface area contributed by atoms with Crippen LogP contribution in [0.4, 0.5) is 22.4 Å². The van der Waals surface area contributed by atoms with Crippen molar-refractivity contribution in [1.29, 1.82) is 0 Å². The van der Waals surface area contributed by atoms with Gasteiger partial charge in [-0.25, -0.2) is 9.18 Å². The highest BCUT2D eigenvalue weighted by molar-refractivity contribution is 5.67. The molecule has 0 radical (unpaired) electrons. The van der Waals surface area contributed by atoms with Crippen LogP contribution in [0.1, 0.15) is 22.4 Å². The summed E-state index contributed by atoms with van der Waals surface area (Å²) < 4.78 is 59.5. The Morgan fingerprint density at radius 1 is 1.06 bits per heavy atom. The number of alkyl halides is 3. The van der Waals surface area contributed by atoms with Gasteiger partial charge in [0, 0.05) is 6.42 Å². The van der Waals surface area contributed by atoms with Crippen LogP contribution in [0.3, 0.4) is 0 Å². The van der Waals surface area contributed by atoms with E-state index >= 15 is 0 Å². The first-order valence-corrected chi connectivity index (χ1v) is 9.08. The van der Waals surface area contributed by atoms with Crippen molar-refractivity contribution in [2.45, 2.75) is 18.1 Å². The molecule has 1 aromatic heterocycles. The lowest BCUT2D eigenvalue weighted by atomic mass is 9.80. The minimum atomic E-state index is -4.83. The van der Waals surface area contributed by atoms with Gasteiger partial charge in [-0.15, -0.1) is 0 Å². The van der Waals surface area contributed by atoms with Gasteiger partial charge in [-0.3, -0.25) is 4.98 Å². The molecular formula is C22H18F4N2O3. The number of aromatic nitrogens is 1. The quantitative estimate of drug-likeness (QED) is 0.536. The molecule has 1 unspecified atom stereocenters. The Hall–Kier alpha value is -3.62. The van der Waals surface area contributed by atoms with Gasteiger partial charge in [0.15, 0.2) is 0 Å². The molecule has 0 saturated carbocycles. The summed E-state index contributed by atoms with van der Waals surface area (Å²) in [7, 11) is 1.41. The van der Waals surface area contributed by atoms with Crippen molar-refractivity contribution in [3.8, 4) is 5.75 Å². The van der Waals surface area contributed by atoms with Crippen LogP contribution in [0.25, 0.3) is 0 Å². The molecule has 5 nitrogen and oxygen atoms in total. The Morgan fingerprint density at radius 3 is 2.29 bits per heavy atom. The van der Waals surface area contributed by atoms with Crippen molar-refractivity contribution in [2.24, 2.45) is 0 Å². The summed E-state index contributed by atoms with van der Waals surface area (Å²) in [6, 6.07) is 13.4. The Morgan fingerprint density at radius 2 is 1.74 bits per heavy atom. The Kier molecular flexibility index (Phi) is 6.14. The third-order valence-electron chi connectivity index (χ3n) is 4.76. The number of methoxy groups -OCH3 is 1. The van der Waals surface area contributed by atoms with Crippen molar-refractivity contribution < 1.29 is 32.2 Å². The zero-order valence-electron chi connectivity index (χ0n) is 16.3. The van der Waals surface area contributed by atoms with Gasteiger partial charge in [0.25, 0.3) is 0 Å². The van der Waals surface area contributed by atoms with Gasteiger partial charge in [0.2, 0.25) is 0 Å². The number of hydrogen-bond donors (Lipinski definition) is 2. The summed E-state index contributed by atoms with van der Waals surface area (Å²) in [5.74, 6) is -0.786. The highest BCUT2D eigenvalue weighted by Gasteiger charge is 2.41. The minimum Gasteiger partial charge on any atom is -0.495 e. The van der Waals surface area contributed by atoms with E-state index in [4.69, 9.17) is 4.74 Å². The molecule has 31 heavy (non-hydrogen) atoms. The summed E-state index contributed by atoms with van der Waals surface area (Å²) in [5.41, 5.74) is -2.59. The molecule has 2 aromatic carbocycles. The number of nitrogens with zero attached hydrogens (tertiary/aromatic N) is 1. The summed E-state index contributed by atoms with van der Waals surface area (Å²) in [4.78, 5) is 16.0. The third kappa shape index (κ3) is 4.93. The predicted octanol–water partition coefficient (Wildman–Crippen LogP) is 5.00. The maximum Gasteiger partial charge on any atom is 0.416 e. The fourth-order valence-electron chi connectivity index (χ4n) is 3.36. The molecule has 0 aliphatic heterocycles. The molecule has 162 valence electrons. The monoisotopic (exact) mass is 434 g/mol. The van der Waals surface area contributed by atoms with Crippen LogP contribution in [0.5, 0.6) is 5.75 Å². The zero-order chi connectivity index (χ0) is 22.6. The molecule has 3 rings (SSSR count). The highest BCUT2D eigenvalue weighted by atomic mass is 19.4. The Balaban J connectivity index is 2.30. The van der Waals surface area contributed by atoms with E-state index in [9.17, 15) is 27.5 Å². The number of halogens is 4. The predicted molar refractivity (Wildman–Crippen MR) is 104 cm³/mol.